The van der Waals surface area contributed by atoms with Crippen molar-refractivity contribution in [1.29, 1.82) is 0 Å². The Morgan fingerprint density at radius 2 is 1.25 bits per heavy atom. The number of hydrogen-bond acceptors (Lipinski definition) is 5. The van der Waals surface area contributed by atoms with E-state index < -0.39 is 0 Å². The minimum Gasteiger partial charge on any atom is -0.508 e. The Balaban J connectivity index is 0.000000301. The lowest BCUT2D eigenvalue weighted by Crippen LogP contribution is -2.30. The molecule has 0 aliphatic carbocycles. The molecule has 0 aromatic heterocycles. The molecule has 5 N–H and O–H groups in total. The zero-order valence-corrected chi connectivity index (χ0v) is 14.4. The van der Waals surface area contributed by atoms with Gasteiger partial charge in [0.25, 0.3) is 0 Å². The zero-order chi connectivity index (χ0) is 17.9. The molecule has 1 aliphatic rings. The number of nitrogens with two attached hydrogens (primary N) is 1. The predicted octanol–water partition coefficient (Wildman–Crippen LogP) is 2.75. The number of ether oxygens (including phenoxy) is 1. The van der Waals surface area contributed by atoms with E-state index in [1.54, 1.807) is 48.5 Å². The monoisotopic (exact) mass is 334 g/mol. The lowest BCUT2D eigenvalue weighted by Gasteiger charge is -2.10. The van der Waals surface area contributed by atoms with E-state index in [4.69, 9.17) is 20.7 Å². The van der Waals surface area contributed by atoms with Gasteiger partial charge in [0, 0.05) is 13.1 Å². The Hall–Kier alpha value is -2.08. The van der Waals surface area contributed by atoms with Crippen molar-refractivity contribution in [3.05, 3.63) is 60.7 Å². The van der Waals surface area contributed by atoms with E-state index in [0.717, 1.165) is 39.3 Å². The average molecular weight is 334 g/mol. The van der Waals surface area contributed by atoms with Crippen LogP contribution in [0.15, 0.2) is 60.7 Å². The summed E-state index contributed by atoms with van der Waals surface area (Å²) < 4.78 is 5.01. The van der Waals surface area contributed by atoms with Crippen molar-refractivity contribution < 1.29 is 14.9 Å². The third-order valence-corrected chi connectivity index (χ3v) is 2.65. The quantitative estimate of drug-likeness (QED) is 0.644. The first-order valence-corrected chi connectivity index (χ1v) is 8.17. The van der Waals surface area contributed by atoms with Crippen LogP contribution in [0, 0.1) is 0 Å². The van der Waals surface area contributed by atoms with Crippen LogP contribution in [0.2, 0.25) is 0 Å². The molecular weight excluding hydrogens is 304 g/mol. The van der Waals surface area contributed by atoms with Gasteiger partial charge in [0.15, 0.2) is 0 Å². The van der Waals surface area contributed by atoms with Gasteiger partial charge in [0.2, 0.25) is 0 Å². The van der Waals surface area contributed by atoms with Crippen LogP contribution < -0.4 is 11.1 Å². The first-order valence-electron chi connectivity index (χ1n) is 8.17. The highest BCUT2D eigenvalue weighted by molar-refractivity contribution is 5.19. The Kier molecular flexibility index (Phi) is 15.8. The molecule has 0 bridgehead atoms. The smallest absolute Gasteiger partial charge is 0.115 e. The topological polar surface area (TPSA) is 87.7 Å². The summed E-state index contributed by atoms with van der Waals surface area (Å²) in [7, 11) is 0. The molecule has 0 spiro atoms. The maximum atomic E-state index is 8.63. The van der Waals surface area contributed by atoms with Crippen LogP contribution in [0.4, 0.5) is 0 Å². The maximum Gasteiger partial charge on any atom is 0.115 e. The summed E-state index contributed by atoms with van der Waals surface area (Å²) in [5.74, 6) is 0.644. The maximum absolute atomic E-state index is 8.63. The van der Waals surface area contributed by atoms with Gasteiger partial charge in [-0.3, -0.25) is 0 Å². The summed E-state index contributed by atoms with van der Waals surface area (Å²) in [5.41, 5.74) is 5.03. The molecule has 24 heavy (non-hydrogen) atoms. The highest BCUT2D eigenvalue weighted by atomic mass is 16.5. The number of phenolic OH excluding ortho intramolecular Hbond substituents is 2. The second-order valence-corrected chi connectivity index (χ2v) is 4.82. The Bertz CT molecular complexity index is 412. The second kappa shape index (κ2) is 17.3. The zero-order valence-electron chi connectivity index (χ0n) is 14.4. The van der Waals surface area contributed by atoms with Crippen molar-refractivity contribution >= 4 is 0 Å². The standard InChI is InChI=1S/2C6H6O.C4H9NO.C3H9N/c2*7-6-4-2-1-3-5-6;1-3-6-4-2-5-1;1-2-3-4/h2*1-5,7H;5H,1-4H2;2-4H2,1H3. The van der Waals surface area contributed by atoms with Crippen LogP contribution in [0.25, 0.3) is 0 Å². The first-order chi connectivity index (χ1) is 11.7. The van der Waals surface area contributed by atoms with E-state index in [9.17, 15) is 0 Å². The molecule has 0 unspecified atom stereocenters. The van der Waals surface area contributed by atoms with Crippen LogP contribution in [0.1, 0.15) is 13.3 Å². The lowest BCUT2D eigenvalue weighted by atomic mass is 10.3. The summed E-state index contributed by atoms with van der Waals surface area (Å²) in [6.07, 6.45) is 1.10. The highest BCUT2D eigenvalue weighted by Gasteiger charge is 1.92. The summed E-state index contributed by atoms with van der Waals surface area (Å²) >= 11 is 0. The van der Waals surface area contributed by atoms with E-state index >= 15 is 0 Å². The predicted molar refractivity (Wildman–Crippen MR) is 99.2 cm³/mol. The fourth-order valence-corrected chi connectivity index (χ4v) is 1.37. The molecule has 1 heterocycles. The molecule has 2 aromatic rings. The molecule has 134 valence electrons. The third-order valence-electron chi connectivity index (χ3n) is 2.65. The number of hydrogen-bond donors (Lipinski definition) is 4. The van der Waals surface area contributed by atoms with Crippen molar-refractivity contribution in [3.63, 3.8) is 0 Å². The molecule has 1 fully saturated rings. The summed E-state index contributed by atoms with van der Waals surface area (Å²) in [6.45, 7) is 6.71. The van der Waals surface area contributed by atoms with E-state index in [-0.39, 0.29) is 0 Å². The largest absolute Gasteiger partial charge is 0.508 e. The molecular formula is C19H30N2O3. The van der Waals surface area contributed by atoms with E-state index in [1.807, 2.05) is 12.1 Å². The van der Waals surface area contributed by atoms with Crippen LogP contribution >= 0.6 is 0 Å². The third kappa shape index (κ3) is 16.3. The normalized spacial score (nSPS) is 12.2. The number of benzene rings is 2. The van der Waals surface area contributed by atoms with Crippen molar-refractivity contribution in [2.24, 2.45) is 5.73 Å². The van der Waals surface area contributed by atoms with Gasteiger partial charge in [-0.25, -0.2) is 0 Å². The van der Waals surface area contributed by atoms with Gasteiger partial charge < -0.3 is 26.0 Å². The molecule has 5 nitrogen and oxygen atoms in total. The van der Waals surface area contributed by atoms with Crippen LogP contribution in [0.5, 0.6) is 11.5 Å². The van der Waals surface area contributed by atoms with Crippen LogP contribution in [-0.2, 0) is 4.74 Å². The molecule has 0 radical (unpaired) electrons. The van der Waals surface area contributed by atoms with Gasteiger partial charge in [-0.15, -0.1) is 0 Å². The van der Waals surface area contributed by atoms with Crippen LogP contribution in [0.3, 0.4) is 0 Å². The molecule has 2 aromatic carbocycles. The van der Waals surface area contributed by atoms with Crippen molar-refractivity contribution in [2.75, 3.05) is 32.8 Å². The summed E-state index contributed by atoms with van der Waals surface area (Å²) in [4.78, 5) is 0. The van der Waals surface area contributed by atoms with E-state index in [1.165, 1.54) is 0 Å². The SMILES string of the molecule is C1COCCN1.CCCN.Oc1ccccc1.Oc1ccccc1. The van der Waals surface area contributed by atoms with E-state index in [2.05, 4.69) is 12.2 Å². The Morgan fingerprint density at radius 3 is 1.38 bits per heavy atom. The minimum absolute atomic E-state index is 0.322. The van der Waals surface area contributed by atoms with Gasteiger partial charge in [0.1, 0.15) is 11.5 Å². The molecule has 1 saturated heterocycles. The highest BCUT2D eigenvalue weighted by Crippen LogP contribution is 2.03. The van der Waals surface area contributed by atoms with Gasteiger partial charge >= 0.3 is 0 Å². The molecule has 5 heteroatoms. The second-order valence-electron chi connectivity index (χ2n) is 4.82. The van der Waals surface area contributed by atoms with Gasteiger partial charge in [0.05, 0.1) is 13.2 Å². The molecule has 3 rings (SSSR count). The first kappa shape index (κ1) is 21.9. The molecule has 1 aliphatic heterocycles. The van der Waals surface area contributed by atoms with Crippen molar-refractivity contribution in [3.8, 4) is 11.5 Å². The van der Waals surface area contributed by atoms with E-state index in [0.29, 0.717) is 11.5 Å². The number of morpholine rings is 1. The number of rotatable bonds is 1. The number of para-hydroxylation sites is 2. The summed E-state index contributed by atoms with van der Waals surface area (Å²) in [5, 5.41) is 20.4. The fourth-order valence-electron chi connectivity index (χ4n) is 1.37. The lowest BCUT2D eigenvalue weighted by molar-refractivity contribution is 0.109. The molecule has 0 saturated carbocycles. The molecule has 0 atom stereocenters. The Morgan fingerprint density at radius 1 is 0.875 bits per heavy atom. The minimum atomic E-state index is 0.322. The van der Waals surface area contributed by atoms with Gasteiger partial charge in [-0.1, -0.05) is 43.3 Å². The fraction of sp³-hybridized carbons (Fsp3) is 0.368. The summed E-state index contributed by atoms with van der Waals surface area (Å²) in [6, 6.07) is 17.4. The number of nitrogens with one attached hydrogen (secondary N) is 1. The van der Waals surface area contributed by atoms with Gasteiger partial charge in [-0.05, 0) is 37.2 Å². The Labute approximate surface area is 145 Å². The van der Waals surface area contributed by atoms with Crippen LogP contribution in [-0.4, -0.2) is 43.1 Å². The van der Waals surface area contributed by atoms with Gasteiger partial charge in [-0.2, -0.15) is 0 Å². The average Bonchev–Trinajstić information content (AvgIpc) is 2.66. The van der Waals surface area contributed by atoms with Crippen molar-refractivity contribution in [1.82, 2.24) is 5.32 Å². The number of phenols is 2. The molecule has 0 amide bonds. The number of aromatic hydroxyl groups is 2. The van der Waals surface area contributed by atoms with Crippen molar-refractivity contribution in [2.45, 2.75) is 13.3 Å².